The van der Waals surface area contributed by atoms with E-state index in [1.165, 1.54) is 10.9 Å². The van der Waals surface area contributed by atoms with Crippen LogP contribution in [0.4, 0.5) is 27.9 Å². The number of hydrogen-bond donors (Lipinski definition) is 1. The van der Waals surface area contributed by atoms with Crippen molar-refractivity contribution in [3.63, 3.8) is 0 Å². The monoisotopic (exact) mass is 495 g/mol. The molecule has 1 saturated heterocycles. The predicted molar refractivity (Wildman–Crippen MR) is 116 cm³/mol. The number of likely N-dealkylation sites (tertiary alicyclic amines) is 1. The average Bonchev–Trinajstić information content (AvgIpc) is 3.18. The van der Waals surface area contributed by atoms with Gasteiger partial charge in [0.25, 0.3) is 11.8 Å². The Kier molecular flexibility index (Phi) is 6.43. The lowest BCUT2D eigenvalue weighted by Crippen LogP contribution is -2.57. The summed E-state index contributed by atoms with van der Waals surface area (Å²) in [6, 6.07) is 4.42. The molecule has 13 heteroatoms. The van der Waals surface area contributed by atoms with Gasteiger partial charge in [-0.05, 0) is 18.1 Å². The minimum atomic E-state index is -4.58. The Morgan fingerprint density at radius 3 is 2.51 bits per heavy atom. The Morgan fingerprint density at radius 1 is 1.17 bits per heavy atom. The molecule has 0 aliphatic carbocycles. The highest BCUT2D eigenvalue weighted by atomic mass is 19.4. The molecule has 4 rings (SSSR count). The van der Waals surface area contributed by atoms with Crippen LogP contribution in [0.1, 0.15) is 29.3 Å². The van der Waals surface area contributed by atoms with Crippen LogP contribution in [0.5, 0.6) is 0 Å². The molecular weight excluding hydrogens is 473 g/mol. The third-order valence-corrected chi connectivity index (χ3v) is 5.87. The van der Waals surface area contributed by atoms with Crippen LogP contribution in [0, 0.1) is 5.92 Å². The maximum absolute atomic E-state index is 14.5. The van der Waals surface area contributed by atoms with E-state index in [2.05, 4.69) is 25.4 Å². The van der Waals surface area contributed by atoms with Crippen molar-refractivity contribution >= 4 is 11.9 Å². The van der Waals surface area contributed by atoms with Crippen molar-refractivity contribution < 1.29 is 26.7 Å². The van der Waals surface area contributed by atoms with E-state index in [9.17, 15) is 26.7 Å². The zero-order valence-electron chi connectivity index (χ0n) is 18.8. The first kappa shape index (κ1) is 24.5. The number of nitrogens with one attached hydrogen (secondary N) is 1. The summed E-state index contributed by atoms with van der Waals surface area (Å²) < 4.78 is 68.8. The zero-order valence-corrected chi connectivity index (χ0v) is 18.8. The number of piperidine rings is 1. The van der Waals surface area contributed by atoms with Crippen LogP contribution in [0.15, 0.2) is 43.0 Å². The fourth-order valence-electron chi connectivity index (χ4n) is 4.20. The van der Waals surface area contributed by atoms with Crippen molar-refractivity contribution in [2.24, 2.45) is 13.0 Å². The van der Waals surface area contributed by atoms with Gasteiger partial charge in [0.1, 0.15) is 0 Å². The van der Waals surface area contributed by atoms with E-state index in [-0.39, 0.29) is 18.1 Å². The molecule has 0 aromatic carbocycles. The predicted octanol–water partition coefficient (Wildman–Crippen LogP) is 3.89. The second-order valence-electron chi connectivity index (χ2n) is 8.46. The SMILES string of the molecule is C[C@@H]1CC(F)(F)CN(C(=O)c2cnn(C)c2-c2ccccn2)[C@@H]1CNc1ncc(C(F)(F)F)cn1. The minimum absolute atomic E-state index is 0.0342. The molecule has 35 heavy (non-hydrogen) atoms. The summed E-state index contributed by atoms with van der Waals surface area (Å²) >= 11 is 0. The van der Waals surface area contributed by atoms with E-state index in [0.29, 0.717) is 23.8 Å². The number of rotatable bonds is 5. The lowest BCUT2D eigenvalue weighted by atomic mass is 9.88. The van der Waals surface area contributed by atoms with Gasteiger partial charge in [-0.3, -0.25) is 14.5 Å². The number of aryl methyl sites for hydroxylation is 1. The number of aromatic nitrogens is 5. The van der Waals surface area contributed by atoms with Gasteiger partial charge in [-0.25, -0.2) is 18.7 Å². The highest BCUT2D eigenvalue weighted by Gasteiger charge is 2.46. The first-order valence-electron chi connectivity index (χ1n) is 10.7. The van der Waals surface area contributed by atoms with E-state index in [0.717, 1.165) is 4.90 Å². The fraction of sp³-hybridized carbons (Fsp3) is 0.409. The van der Waals surface area contributed by atoms with Crippen molar-refractivity contribution in [3.8, 4) is 11.4 Å². The van der Waals surface area contributed by atoms with Crippen molar-refractivity contribution in [3.05, 3.63) is 54.1 Å². The number of pyridine rings is 1. The largest absolute Gasteiger partial charge is 0.419 e. The Bertz CT molecular complexity index is 1180. The lowest BCUT2D eigenvalue weighted by Gasteiger charge is -2.43. The van der Waals surface area contributed by atoms with Gasteiger partial charge in [0, 0.05) is 38.6 Å². The topological polar surface area (TPSA) is 88.8 Å². The molecule has 186 valence electrons. The Morgan fingerprint density at radius 2 is 1.89 bits per heavy atom. The van der Waals surface area contributed by atoms with E-state index < -0.39 is 48.5 Å². The van der Waals surface area contributed by atoms with Crippen molar-refractivity contribution in [1.29, 1.82) is 0 Å². The molecule has 0 bridgehead atoms. The number of amides is 1. The standard InChI is InChI=1S/C22H22F5N7O/c1-13-7-21(23,24)12-34(17(13)11-31-20-29-8-14(9-30-20)22(25,26)27)19(35)15-10-32-33(2)18(15)16-5-3-4-6-28-16/h3-6,8-10,13,17H,7,11-12H2,1-2H3,(H,29,30,31)/t13-,17-/m1/s1. The van der Waals surface area contributed by atoms with Crippen LogP contribution in [0.3, 0.4) is 0 Å². The summed E-state index contributed by atoms with van der Waals surface area (Å²) in [4.78, 5) is 26.2. The second kappa shape index (κ2) is 9.19. The second-order valence-corrected chi connectivity index (χ2v) is 8.46. The molecule has 8 nitrogen and oxygen atoms in total. The molecule has 0 spiro atoms. The van der Waals surface area contributed by atoms with Gasteiger partial charge in [-0.15, -0.1) is 0 Å². The van der Waals surface area contributed by atoms with E-state index in [1.54, 1.807) is 38.4 Å². The van der Waals surface area contributed by atoms with Crippen LogP contribution in [0.25, 0.3) is 11.4 Å². The van der Waals surface area contributed by atoms with E-state index >= 15 is 0 Å². The smallest absolute Gasteiger partial charge is 0.352 e. The molecule has 1 aliphatic rings. The van der Waals surface area contributed by atoms with E-state index in [4.69, 9.17) is 0 Å². The molecular formula is C22H22F5N7O. The van der Waals surface area contributed by atoms with Gasteiger partial charge < -0.3 is 10.2 Å². The lowest BCUT2D eigenvalue weighted by molar-refractivity contribution is -0.138. The van der Waals surface area contributed by atoms with Gasteiger partial charge in [-0.1, -0.05) is 13.0 Å². The molecule has 2 atom stereocenters. The number of halogens is 5. The van der Waals surface area contributed by atoms with Gasteiger partial charge in [0.15, 0.2) is 0 Å². The van der Waals surface area contributed by atoms with Crippen LogP contribution < -0.4 is 5.32 Å². The molecule has 1 N–H and O–H groups in total. The molecule has 4 heterocycles. The molecule has 1 fully saturated rings. The van der Waals surface area contributed by atoms with Gasteiger partial charge in [0.2, 0.25) is 5.95 Å². The number of carbonyl (C=O) groups excluding carboxylic acids is 1. The Labute approximate surface area is 197 Å². The maximum Gasteiger partial charge on any atom is 0.419 e. The van der Waals surface area contributed by atoms with Crippen molar-refractivity contribution in [1.82, 2.24) is 29.6 Å². The number of hydrogen-bond acceptors (Lipinski definition) is 6. The first-order valence-corrected chi connectivity index (χ1v) is 10.7. The molecule has 0 unspecified atom stereocenters. The number of alkyl halides is 5. The number of nitrogens with zero attached hydrogens (tertiary/aromatic N) is 6. The molecule has 3 aromatic rings. The molecule has 0 saturated carbocycles. The van der Waals surface area contributed by atoms with Crippen LogP contribution in [0.2, 0.25) is 0 Å². The highest BCUT2D eigenvalue weighted by Crippen LogP contribution is 2.36. The van der Waals surface area contributed by atoms with Gasteiger partial charge in [-0.2, -0.15) is 18.3 Å². The van der Waals surface area contributed by atoms with Gasteiger partial charge in [0.05, 0.1) is 41.3 Å². The third kappa shape index (κ3) is 5.23. The Balaban J connectivity index is 1.60. The summed E-state index contributed by atoms with van der Waals surface area (Å²) in [5.74, 6) is -4.49. The number of carbonyl (C=O) groups is 1. The highest BCUT2D eigenvalue weighted by molar-refractivity contribution is 5.99. The first-order chi connectivity index (χ1) is 16.5. The number of anilines is 1. The zero-order chi connectivity index (χ0) is 25.4. The summed E-state index contributed by atoms with van der Waals surface area (Å²) in [7, 11) is 1.62. The summed E-state index contributed by atoms with van der Waals surface area (Å²) in [5, 5.41) is 6.90. The maximum atomic E-state index is 14.5. The third-order valence-electron chi connectivity index (χ3n) is 5.87. The van der Waals surface area contributed by atoms with Crippen LogP contribution in [-0.2, 0) is 13.2 Å². The van der Waals surface area contributed by atoms with Gasteiger partial charge >= 0.3 is 6.18 Å². The van der Waals surface area contributed by atoms with Crippen LogP contribution >= 0.6 is 0 Å². The summed E-state index contributed by atoms with van der Waals surface area (Å²) in [5.41, 5.74) is -0.0496. The quantitative estimate of drug-likeness (QED) is 0.541. The van der Waals surface area contributed by atoms with E-state index in [1.807, 2.05) is 0 Å². The molecule has 3 aromatic heterocycles. The summed E-state index contributed by atoms with van der Waals surface area (Å²) in [6.45, 7) is 0.747. The summed E-state index contributed by atoms with van der Waals surface area (Å²) in [6.07, 6.45) is -0.911. The average molecular weight is 495 g/mol. The minimum Gasteiger partial charge on any atom is -0.352 e. The van der Waals surface area contributed by atoms with Crippen molar-refractivity contribution in [2.45, 2.75) is 31.5 Å². The molecule has 1 aliphatic heterocycles. The normalized spacial score (nSPS) is 20.0. The van der Waals surface area contributed by atoms with Crippen LogP contribution in [-0.4, -0.2) is 60.6 Å². The van der Waals surface area contributed by atoms with Crippen molar-refractivity contribution in [2.75, 3.05) is 18.4 Å². The Hall–Kier alpha value is -3.64. The molecule has 0 radical (unpaired) electrons. The molecule has 1 amide bonds. The fourth-order valence-corrected chi connectivity index (χ4v) is 4.20.